The zero-order valence-corrected chi connectivity index (χ0v) is 17.4. The van der Waals surface area contributed by atoms with Gasteiger partial charge in [-0.1, -0.05) is 84.4 Å². The predicted octanol–water partition coefficient (Wildman–Crippen LogP) is 3.88. The fourth-order valence-electron chi connectivity index (χ4n) is 3.40. The first-order valence-corrected chi connectivity index (χ1v) is 10.8. The summed E-state index contributed by atoms with van der Waals surface area (Å²) in [6, 6.07) is 24.5. The van der Waals surface area contributed by atoms with Crippen LogP contribution in [0, 0.1) is 0 Å². The lowest BCUT2D eigenvalue weighted by atomic mass is 9.85. The Morgan fingerprint density at radius 3 is 2.03 bits per heavy atom. The van der Waals surface area contributed by atoms with Crippen LogP contribution in [-0.2, 0) is 15.2 Å². The zero-order valence-electron chi connectivity index (χ0n) is 15.9. The van der Waals surface area contributed by atoms with Crippen LogP contribution in [0.3, 0.4) is 0 Å². The molecular weight excluding hydrogens is 420 g/mol. The highest BCUT2D eigenvalue weighted by Gasteiger charge is 2.43. The molecule has 1 aliphatic heterocycles. The van der Waals surface area contributed by atoms with E-state index in [9.17, 15) is 14.7 Å². The zero-order chi connectivity index (χ0) is 21.1. The van der Waals surface area contributed by atoms with Gasteiger partial charge in [-0.3, -0.25) is 15.0 Å². The van der Waals surface area contributed by atoms with E-state index in [0.29, 0.717) is 16.1 Å². The van der Waals surface area contributed by atoms with Gasteiger partial charge in [0.1, 0.15) is 5.37 Å². The molecule has 1 unspecified atom stereocenters. The van der Waals surface area contributed by atoms with Gasteiger partial charge in [-0.25, -0.2) is 5.01 Å². The summed E-state index contributed by atoms with van der Waals surface area (Å²) < 4.78 is 0. The van der Waals surface area contributed by atoms with Crippen molar-refractivity contribution in [1.82, 2.24) is 10.4 Å². The van der Waals surface area contributed by atoms with Crippen LogP contribution < -0.4 is 5.43 Å². The maximum Gasteiger partial charge on any atom is 0.279 e. The van der Waals surface area contributed by atoms with Gasteiger partial charge in [0, 0.05) is 5.02 Å². The molecule has 5 nitrogen and oxygen atoms in total. The Bertz CT molecular complexity index is 1010. The van der Waals surface area contributed by atoms with E-state index in [1.165, 1.54) is 16.8 Å². The highest BCUT2D eigenvalue weighted by Crippen LogP contribution is 2.38. The monoisotopic (exact) mass is 438 g/mol. The van der Waals surface area contributed by atoms with Crippen molar-refractivity contribution < 1.29 is 14.7 Å². The Balaban J connectivity index is 1.68. The number of benzene rings is 3. The number of hydrogen-bond acceptors (Lipinski definition) is 4. The molecule has 152 valence electrons. The van der Waals surface area contributed by atoms with Crippen LogP contribution in [0.4, 0.5) is 0 Å². The van der Waals surface area contributed by atoms with Crippen LogP contribution in [0.15, 0.2) is 84.9 Å². The summed E-state index contributed by atoms with van der Waals surface area (Å²) in [6.45, 7) is 0. The van der Waals surface area contributed by atoms with Crippen LogP contribution in [-0.4, -0.2) is 27.7 Å². The molecule has 0 aliphatic carbocycles. The number of rotatable bonds is 5. The standard InChI is InChI=1S/C23H19ClN2O3S/c24-19-13-11-16(12-14-19)21-26(20(27)15-30-21)25-22(28)23(29,17-7-3-1-4-8-17)18-9-5-2-6-10-18/h1-14,21,29H,15H2,(H,25,28). The SMILES string of the molecule is O=C1CSC(c2ccc(Cl)cc2)N1NC(=O)C(O)(c1ccccc1)c1ccccc1. The van der Waals surface area contributed by atoms with Crippen molar-refractivity contribution in [2.24, 2.45) is 0 Å². The van der Waals surface area contributed by atoms with Crippen LogP contribution >= 0.6 is 23.4 Å². The van der Waals surface area contributed by atoms with Crippen molar-refractivity contribution >= 4 is 35.2 Å². The van der Waals surface area contributed by atoms with E-state index in [1.807, 2.05) is 24.3 Å². The lowest BCUT2D eigenvalue weighted by Gasteiger charge is -2.32. The number of carbonyl (C=O) groups is 2. The van der Waals surface area contributed by atoms with Crippen molar-refractivity contribution in [2.45, 2.75) is 11.0 Å². The lowest BCUT2D eigenvalue weighted by molar-refractivity contribution is -0.148. The van der Waals surface area contributed by atoms with Gasteiger partial charge in [-0.15, -0.1) is 11.8 Å². The molecular formula is C23H19ClN2O3S. The molecule has 3 aromatic carbocycles. The second-order valence-electron chi connectivity index (χ2n) is 6.86. The lowest BCUT2D eigenvalue weighted by Crippen LogP contribution is -2.53. The van der Waals surface area contributed by atoms with Crippen molar-refractivity contribution in [1.29, 1.82) is 0 Å². The first-order chi connectivity index (χ1) is 14.5. The van der Waals surface area contributed by atoms with Gasteiger partial charge >= 0.3 is 0 Å². The summed E-state index contributed by atoms with van der Waals surface area (Å²) in [7, 11) is 0. The van der Waals surface area contributed by atoms with Crippen LogP contribution in [0.5, 0.6) is 0 Å². The van der Waals surface area contributed by atoms with E-state index in [-0.39, 0.29) is 11.7 Å². The van der Waals surface area contributed by atoms with Crippen molar-refractivity contribution in [2.75, 3.05) is 5.75 Å². The minimum atomic E-state index is -1.96. The largest absolute Gasteiger partial charge is 0.372 e. The van der Waals surface area contributed by atoms with Crippen molar-refractivity contribution in [3.63, 3.8) is 0 Å². The molecule has 1 aliphatic rings. The van der Waals surface area contributed by atoms with E-state index in [0.717, 1.165) is 5.56 Å². The van der Waals surface area contributed by atoms with E-state index in [2.05, 4.69) is 5.43 Å². The third kappa shape index (κ3) is 3.81. The molecule has 1 fully saturated rings. The second kappa shape index (κ2) is 8.52. The Labute approximate surface area is 183 Å². The predicted molar refractivity (Wildman–Crippen MR) is 118 cm³/mol. The van der Waals surface area contributed by atoms with Gasteiger partial charge in [0.2, 0.25) is 0 Å². The maximum absolute atomic E-state index is 13.4. The Morgan fingerprint density at radius 2 is 1.50 bits per heavy atom. The van der Waals surface area contributed by atoms with Crippen LogP contribution in [0.25, 0.3) is 0 Å². The fraction of sp³-hybridized carbons (Fsp3) is 0.130. The number of hydrogen-bond donors (Lipinski definition) is 2. The molecule has 4 rings (SSSR count). The molecule has 0 aromatic heterocycles. The van der Waals surface area contributed by atoms with Gasteiger partial charge in [0.15, 0.2) is 5.60 Å². The van der Waals surface area contributed by atoms with E-state index in [1.54, 1.807) is 60.7 Å². The Hall–Kier alpha value is -2.80. The molecule has 7 heteroatoms. The smallest absolute Gasteiger partial charge is 0.279 e. The highest BCUT2D eigenvalue weighted by molar-refractivity contribution is 8.00. The summed E-state index contributed by atoms with van der Waals surface area (Å²) in [5.41, 5.74) is 2.37. The molecule has 1 heterocycles. The highest BCUT2D eigenvalue weighted by atomic mass is 35.5. The molecule has 0 spiro atoms. The number of nitrogens with zero attached hydrogens (tertiary/aromatic N) is 1. The quantitative estimate of drug-likeness (QED) is 0.634. The van der Waals surface area contributed by atoms with Gasteiger partial charge in [-0.05, 0) is 28.8 Å². The number of nitrogens with one attached hydrogen (secondary N) is 1. The third-order valence-electron chi connectivity index (χ3n) is 4.96. The summed E-state index contributed by atoms with van der Waals surface area (Å²) in [6.07, 6.45) is 0. The molecule has 1 saturated heterocycles. The Morgan fingerprint density at radius 1 is 0.967 bits per heavy atom. The first-order valence-electron chi connectivity index (χ1n) is 9.34. The summed E-state index contributed by atoms with van der Waals surface area (Å²) in [4.78, 5) is 26.0. The summed E-state index contributed by atoms with van der Waals surface area (Å²) >= 11 is 7.37. The number of amides is 2. The average molecular weight is 439 g/mol. The minimum Gasteiger partial charge on any atom is -0.372 e. The average Bonchev–Trinajstić information content (AvgIpc) is 3.15. The van der Waals surface area contributed by atoms with Gasteiger partial charge in [0.05, 0.1) is 5.75 Å². The second-order valence-corrected chi connectivity index (χ2v) is 8.37. The summed E-state index contributed by atoms with van der Waals surface area (Å²) in [5.74, 6) is -0.714. The maximum atomic E-state index is 13.4. The molecule has 0 radical (unpaired) electrons. The van der Waals surface area contributed by atoms with Crippen molar-refractivity contribution in [3.05, 3.63) is 107 Å². The van der Waals surface area contributed by atoms with Crippen LogP contribution in [0.2, 0.25) is 5.02 Å². The van der Waals surface area contributed by atoms with Gasteiger partial charge in [-0.2, -0.15) is 0 Å². The fourth-order valence-corrected chi connectivity index (χ4v) is 4.63. The number of aliphatic hydroxyl groups is 1. The number of carbonyl (C=O) groups excluding carboxylic acids is 2. The molecule has 3 aromatic rings. The van der Waals surface area contributed by atoms with E-state index in [4.69, 9.17) is 11.6 Å². The third-order valence-corrected chi connectivity index (χ3v) is 6.42. The topological polar surface area (TPSA) is 69.6 Å². The van der Waals surface area contributed by atoms with E-state index >= 15 is 0 Å². The number of hydrazine groups is 1. The molecule has 2 N–H and O–H groups in total. The first kappa shape index (κ1) is 20.5. The molecule has 0 bridgehead atoms. The molecule has 1 atom stereocenters. The molecule has 0 saturated carbocycles. The van der Waals surface area contributed by atoms with Gasteiger partial charge in [0.25, 0.3) is 11.8 Å². The normalized spacial score (nSPS) is 16.5. The Kier molecular flexibility index (Phi) is 5.81. The van der Waals surface area contributed by atoms with Crippen LogP contribution in [0.1, 0.15) is 22.1 Å². The number of halogens is 1. The molecule has 30 heavy (non-hydrogen) atoms. The molecule has 2 amide bonds. The van der Waals surface area contributed by atoms with E-state index < -0.39 is 16.9 Å². The number of thioether (sulfide) groups is 1. The van der Waals surface area contributed by atoms with Crippen molar-refractivity contribution in [3.8, 4) is 0 Å². The minimum absolute atomic E-state index is 0.225. The van der Waals surface area contributed by atoms with Gasteiger partial charge < -0.3 is 5.11 Å². The summed E-state index contributed by atoms with van der Waals surface area (Å²) in [5, 5.41) is 13.1.